The number of para-hydroxylation sites is 1. The molecule has 288 valence electrons. The van der Waals surface area contributed by atoms with Crippen molar-refractivity contribution in [3.05, 3.63) is 235 Å². The topological polar surface area (TPSA) is 51.8 Å². The predicted molar refractivity (Wildman–Crippen MR) is 251 cm³/mol. The van der Waals surface area contributed by atoms with Crippen molar-refractivity contribution in [1.29, 1.82) is 0 Å². The molecule has 0 saturated carbocycles. The molecule has 0 saturated heterocycles. The summed E-state index contributed by atoms with van der Waals surface area (Å²) in [5.41, 5.74) is 18.6. The van der Waals surface area contributed by atoms with Crippen LogP contribution in [0.25, 0.3) is 101 Å². The smallest absolute Gasteiger partial charge is 0.164 e. The second-order valence-electron chi connectivity index (χ2n) is 16.3. The van der Waals surface area contributed by atoms with Crippen molar-refractivity contribution in [2.24, 2.45) is 0 Å². The second-order valence-corrected chi connectivity index (χ2v) is 16.3. The van der Waals surface area contributed by atoms with Gasteiger partial charge in [-0.3, -0.25) is 0 Å². The minimum Gasteiger partial charge on any atom is -0.456 e. The van der Waals surface area contributed by atoms with Gasteiger partial charge in [0.05, 0.1) is 5.41 Å². The second kappa shape index (κ2) is 13.4. The Balaban J connectivity index is 1.06. The molecule has 4 heteroatoms. The lowest BCUT2D eigenvalue weighted by molar-refractivity contribution is 0.669. The van der Waals surface area contributed by atoms with E-state index in [1.165, 1.54) is 50.1 Å². The van der Waals surface area contributed by atoms with Crippen molar-refractivity contribution in [3.63, 3.8) is 0 Å². The van der Waals surface area contributed by atoms with E-state index in [1.807, 2.05) is 30.3 Å². The van der Waals surface area contributed by atoms with Gasteiger partial charge < -0.3 is 4.42 Å². The molecule has 0 N–H and O–H groups in total. The molecule has 9 aromatic carbocycles. The van der Waals surface area contributed by atoms with Gasteiger partial charge in [-0.25, -0.2) is 15.0 Å². The van der Waals surface area contributed by atoms with Crippen molar-refractivity contribution < 1.29 is 4.42 Å². The molecule has 0 bridgehead atoms. The maximum absolute atomic E-state index is 6.22. The fraction of sp³-hybridized carbons (Fsp3) is 0.0172. The fourth-order valence-corrected chi connectivity index (χ4v) is 10.3. The Morgan fingerprint density at radius 3 is 1.35 bits per heavy atom. The molecule has 1 spiro atoms. The van der Waals surface area contributed by atoms with Gasteiger partial charge in [-0.1, -0.05) is 182 Å². The summed E-state index contributed by atoms with van der Waals surface area (Å²) in [5, 5.41) is 2.09. The van der Waals surface area contributed by atoms with E-state index in [1.54, 1.807) is 0 Å². The molecular weight excluding hydrogens is 755 g/mol. The molecule has 4 nitrogen and oxygen atoms in total. The lowest BCUT2D eigenvalue weighted by Gasteiger charge is -2.35. The van der Waals surface area contributed by atoms with Crippen molar-refractivity contribution in [2.45, 2.75) is 5.41 Å². The molecule has 0 amide bonds. The van der Waals surface area contributed by atoms with Crippen LogP contribution in [0.15, 0.2) is 217 Å². The number of benzene rings is 9. The first-order chi connectivity index (χ1) is 30.7. The first kappa shape index (κ1) is 34.6. The highest BCUT2D eigenvalue weighted by Gasteiger charge is 2.49. The van der Waals surface area contributed by atoms with Crippen LogP contribution in [0.3, 0.4) is 0 Å². The molecule has 2 aliphatic carbocycles. The monoisotopic (exact) mass is 789 g/mol. The third-order valence-electron chi connectivity index (χ3n) is 13.0. The van der Waals surface area contributed by atoms with Crippen LogP contribution in [0, 0.1) is 0 Å². The van der Waals surface area contributed by atoms with Crippen LogP contribution in [0.2, 0.25) is 0 Å². The molecule has 2 aliphatic rings. The Labute approximate surface area is 358 Å². The van der Waals surface area contributed by atoms with Gasteiger partial charge in [0.15, 0.2) is 17.5 Å². The summed E-state index contributed by atoms with van der Waals surface area (Å²) in [6.07, 6.45) is 0. The number of aromatic nitrogens is 3. The predicted octanol–water partition coefficient (Wildman–Crippen LogP) is 14.4. The first-order valence-corrected chi connectivity index (χ1v) is 21.1. The van der Waals surface area contributed by atoms with Gasteiger partial charge in [0.1, 0.15) is 11.2 Å². The summed E-state index contributed by atoms with van der Waals surface area (Å²) in [7, 11) is 0. The summed E-state index contributed by atoms with van der Waals surface area (Å²) in [6, 6.07) is 75.9. The van der Waals surface area contributed by atoms with Crippen molar-refractivity contribution >= 4 is 21.9 Å². The Morgan fingerprint density at radius 1 is 0.274 bits per heavy atom. The quantitative estimate of drug-likeness (QED) is 0.178. The minimum absolute atomic E-state index is 0.560. The van der Waals surface area contributed by atoms with Gasteiger partial charge in [-0.15, -0.1) is 0 Å². The highest BCUT2D eigenvalue weighted by molar-refractivity contribution is 6.06. The van der Waals surface area contributed by atoms with E-state index in [9.17, 15) is 0 Å². The molecule has 2 heterocycles. The maximum atomic E-state index is 6.22. The number of hydrogen-bond donors (Lipinski definition) is 0. The Kier molecular flexibility index (Phi) is 7.49. The summed E-state index contributed by atoms with van der Waals surface area (Å²) in [6.45, 7) is 0. The van der Waals surface area contributed by atoms with Gasteiger partial charge in [0.2, 0.25) is 0 Å². The molecule has 0 unspecified atom stereocenters. The Bertz CT molecular complexity index is 3540. The van der Waals surface area contributed by atoms with E-state index in [4.69, 9.17) is 19.4 Å². The van der Waals surface area contributed by atoms with Crippen molar-refractivity contribution in [2.75, 3.05) is 0 Å². The SMILES string of the molecule is c1ccc(-c2ccc(-c3nc(-c4ccc5c(c4)-c4ccccc4-c4ccccc4C54c5ccccc5-c5ccccc54)nc(-c4ccc5oc6ccccc6c5c4)n3)cc2)cc1. The van der Waals surface area contributed by atoms with Crippen LogP contribution in [0.5, 0.6) is 0 Å². The third-order valence-corrected chi connectivity index (χ3v) is 13.0. The summed E-state index contributed by atoms with van der Waals surface area (Å²) >= 11 is 0. The zero-order valence-corrected chi connectivity index (χ0v) is 33.5. The van der Waals surface area contributed by atoms with E-state index < -0.39 is 5.41 Å². The zero-order chi connectivity index (χ0) is 40.8. The molecule has 2 aromatic heterocycles. The van der Waals surface area contributed by atoms with Crippen LogP contribution in [-0.2, 0) is 5.41 Å². The molecule has 0 atom stereocenters. The molecule has 0 aliphatic heterocycles. The van der Waals surface area contributed by atoms with E-state index in [-0.39, 0.29) is 0 Å². The first-order valence-electron chi connectivity index (χ1n) is 21.1. The Morgan fingerprint density at radius 2 is 0.694 bits per heavy atom. The average molecular weight is 790 g/mol. The van der Waals surface area contributed by atoms with E-state index in [0.717, 1.165) is 55.3 Å². The highest BCUT2D eigenvalue weighted by atomic mass is 16.3. The van der Waals surface area contributed by atoms with Crippen LogP contribution < -0.4 is 0 Å². The van der Waals surface area contributed by atoms with Gasteiger partial charge >= 0.3 is 0 Å². The largest absolute Gasteiger partial charge is 0.456 e. The van der Waals surface area contributed by atoms with Gasteiger partial charge in [0, 0.05) is 27.5 Å². The maximum Gasteiger partial charge on any atom is 0.164 e. The zero-order valence-electron chi connectivity index (χ0n) is 33.5. The van der Waals surface area contributed by atoms with Crippen molar-refractivity contribution in [1.82, 2.24) is 15.0 Å². The summed E-state index contributed by atoms with van der Waals surface area (Å²) < 4.78 is 6.22. The van der Waals surface area contributed by atoms with Crippen molar-refractivity contribution in [3.8, 4) is 78.7 Å². The van der Waals surface area contributed by atoms with Crippen LogP contribution in [0.4, 0.5) is 0 Å². The minimum atomic E-state index is -0.560. The Hall–Kier alpha value is -8.21. The number of nitrogens with zero attached hydrogens (tertiary/aromatic N) is 3. The fourth-order valence-electron chi connectivity index (χ4n) is 10.3. The average Bonchev–Trinajstić information content (AvgIpc) is 3.84. The number of fused-ring (bicyclic) bond motifs is 15. The van der Waals surface area contributed by atoms with Crippen LogP contribution in [0.1, 0.15) is 22.3 Å². The summed E-state index contributed by atoms with van der Waals surface area (Å²) in [4.78, 5) is 15.8. The summed E-state index contributed by atoms with van der Waals surface area (Å²) in [5.74, 6) is 1.82. The van der Waals surface area contributed by atoms with Gasteiger partial charge in [-0.2, -0.15) is 0 Å². The molecular formula is C58H35N3O. The van der Waals surface area contributed by atoms with Gasteiger partial charge in [-0.05, 0) is 97.1 Å². The van der Waals surface area contributed by atoms with Gasteiger partial charge in [0.25, 0.3) is 0 Å². The third kappa shape index (κ3) is 5.04. The molecule has 0 fully saturated rings. The van der Waals surface area contributed by atoms with Crippen LogP contribution >= 0.6 is 0 Å². The lowest BCUT2D eigenvalue weighted by Crippen LogP contribution is -2.29. The lowest BCUT2D eigenvalue weighted by atomic mass is 9.66. The van der Waals surface area contributed by atoms with E-state index in [2.05, 4.69) is 182 Å². The molecule has 11 aromatic rings. The van der Waals surface area contributed by atoms with Crippen LogP contribution in [-0.4, -0.2) is 15.0 Å². The number of furan rings is 1. The highest BCUT2D eigenvalue weighted by Crippen LogP contribution is 2.61. The normalized spacial score (nSPS) is 13.0. The number of rotatable bonds is 4. The standard InChI is InChI=1S/C58H35N3O/c1-2-14-36(15-3-1)37-26-28-38(29-27-37)55-59-56(61-57(60-55)40-31-33-54-48(35-40)46-21-9-13-25-53(46)62-54)39-30-32-52-47(34-39)42-17-5-4-16-41(42)43-18-6-10-22-49(43)58(52)50-23-11-7-19-44(50)45-20-8-12-24-51(45)58/h1-35H. The number of hydrogen-bond acceptors (Lipinski definition) is 4. The molecule has 13 rings (SSSR count). The van der Waals surface area contributed by atoms with E-state index >= 15 is 0 Å². The molecule has 62 heavy (non-hydrogen) atoms. The molecule has 0 radical (unpaired) electrons. The van der Waals surface area contributed by atoms with E-state index in [0.29, 0.717) is 17.5 Å².